The molecule has 2 aromatic rings. The molecule has 0 radical (unpaired) electrons. The zero-order chi connectivity index (χ0) is 27.6. The summed E-state index contributed by atoms with van der Waals surface area (Å²) < 4.78 is 105. The third-order valence-corrected chi connectivity index (χ3v) is 7.10. The van der Waals surface area contributed by atoms with E-state index in [1.807, 2.05) is 6.92 Å². The van der Waals surface area contributed by atoms with Crippen LogP contribution in [0.25, 0.3) is 0 Å². The molecule has 3 rings (SSSR count). The van der Waals surface area contributed by atoms with Gasteiger partial charge in [0, 0.05) is 5.92 Å². The quantitative estimate of drug-likeness (QED) is 0.253. The molecule has 0 heterocycles. The fourth-order valence-corrected chi connectivity index (χ4v) is 5.29. The van der Waals surface area contributed by atoms with Gasteiger partial charge in [0.05, 0.1) is 35.9 Å². The van der Waals surface area contributed by atoms with Gasteiger partial charge in [-0.05, 0) is 67.6 Å². The first-order valence-corrected chi connectivity index (χ1v) is 12.0. The van der Waals surface area contributed by atoms with Crippen molar-refractivity contribution < 1.29 is 45.0 Å². The lowest BCUT2D eigenvalue weighted by molar-refractivity contribution is -0.155. The van der Waals surface area contributed by atoms with Gasteiger partial charge in [-0.1, -0.05) is 31.9 Å². The Bertz CT molecular complexity index is 1050. The molecule has 3 unspecified atom stereocenters. The van der Waals surface area contributed by atoms with Crippen molar-refractivity contribution in [3.8, 4) is 0 Å². The van der Waals surface area contributed by atoms with E-state index in [4.69, 9.17) is 9.47 Å². The first kappa shape index (κ1) is 28.9. The third kappa shape index (κ3) is 6.27. The molecule has 0 amide bonds. The Labute approximate surface area is 211 Å². The zero-order valence-corrected chi connectivity index (χ0v) is 20.7. The average Bonchev–Trinajstić information content (AvgIpc) is 3.20. The predicted molar refractivity (Wildman–Crippen MR) is 122 cm³/mol. The number of halogens is 7. The molecule has 37 heavy (non-hydrogen) atoms. The van der Waals surface area contributed by atoms with Crippen LogP contribution < -0.4 is 0 Å². The highest BCUT2D eigenvalue weighted by atomic mass is 19.4. The van der Waals surface area contributed by atoms with Gasteiger partial charge in [0.25, 0.3) is 0 Å². The van der Waals surface area contributed by atoms with Crippen molar-refractivity contribution in [1.82, 2.24) is 0 Å². The van der Waals surface area contributed by atoms with Crippen LogP contribution in [0.4, 0.5) is 30.7 Å². The highest BCUT2D eigenvalue weighted by molar-refractivity contribution is 5.79. The Morgan fingerprint density at radius 3 is 2.08 bits per heavy atom. The monoisotopic (exact) mass is 534 g/mol. The lowest BCUT2D eigenvalue weighted by atomic mass is 9.70. The number of alkyl halides is 6. The van der Waals surface area contributed by atoms with Gasteiger partial charge in [0.1, 0.15) is 5.82 Å². The van der Waals surface area contributed by atoms with Gasteiger partial charge in [0.2, 0.25) is 0 Å². The summed E-state index contributed by atoms with van der Waals surface area (Å²) in [5.41, 5.74) is -3.60. The summed E-state index contributed by atoms with van der Waals surface area (Å²) in [6.45, 7) is 3.33. The summed E-state index contributed by atoms with van der Waals surface area (Å²) in [5, 5.41) is 0. The van der Waals surface area contributed by atoms with Crippen molar-refractivity contribution in [1.29, 1.82) is 0 Å². The van der Waals surface area contributed by atoms with E-state index in [2.05, 4.69) is 0 Å². The fraction of sp³-hybridized carbons (Fsp3) is 0.519. The van der Waals surface area contributed by atoms with Crippen LogP contribution >= 0.6 is 0 Å². The molecule has 1 fully saturated rings. The highest BCUT2D eigenvalue weighted by Gasteiger charge is 2.55. The van der Waals surface area contributed by atoms with E-state index in [-0.39, 0.29) is 11.6 Å². The van der Waals surface area contributed by atoms with Gasteiger partial charge < -0.3 is 9.47 Å². The molecule has 0 aromatic heterocycles. The summed E-state index contributed by atoms with van der Waals surface area (Å²) in [5.74, 6) is -1.61. The van der Waals surface area contributed by atoms with Gasteiger partial charge >= 0.3 is 18.3 Å². The van der Waals surface area contributed by atoms with Crippen LogP contribution in [0.15, 0.2) is 42.5 Å². The van der Waals surface area contributed by atoms with E-state index in [0.717, 1.165) is 6.42 Å². The second-order valence-electron chi connectivity index (χ2n) is 9.48. The molecule has 204 valence electrons. The van der Waals surface area contributed by atoms with E-state index in [1.54, 1.807) is 0 Å². The lowest BCUT2D eigenvalue weighted by Crippen LogP contribution is -2.38. The number of hydrogen-bond acceptors (Lipinski definition) is 3. The summed E-state index contributed by atoms with van der Waals surface area (Å²) >= 11 is 0. The Balaban J connectivity index is 2.04. The van der Waals surface area contributed by atoms with Crippen molar-refractivity contribution in [3.05, 3.63) is 70.5 Å². The Morgan fingerprint density at radius 1 is 1.03 bits per heavy atom. The topological polar surface area (TPSA) is 35.5 Å². The number of unbranched alkanes of at least 4 members (excludes halogenated alkanes) is 1. The molecule has 1 saturated carbocycles. The largest absolute Gasteiger partial charge is 0.469 e. The Kier molecular flexibility index (Phi) is 8.61. The summed E-state index contributed by atoms with van der Waals surface area (Å²) in [7, 11) is 1.26. The van der Waals surface area contributed by atoms with Crippen molar-refractivity contribution in [3.63, 3.8) is 0 Å². The number of carbonyl (C=O) groups is 1. The second kappa shape index (κ2) is 11.0. The van der Waals surface area contributed by atoms with Gasteiger partial charge in [-0.3, -0.25) is 4.79 Å². The van der Waals surface area contributed by atoms with Gasteiger partial charge in [0.15, 0.2) is 0 Å². The lowest BCUT2D eigenvalue weighted by Gasteiger charge is -2.36. The molecular weight excluding hydrogens is 505 g/mol. The molecule has 0 aliphatic heterocycles. The average molecular weight is 535 g/mol. The first-order valence-electron chi connectivity index (χ1n) is 12.0. The summed E-state index contributed by atoms with van der Waals surface area (Å²) in [6, 6.07) is 6.86. The minimum atomic E-state index is -4.99. The molecule has 0 bridgehead atoms. The number of ether oxygens (including phenoxy) is 2. The minimum absolute atomic E-state index is 0.0696. The first-order chi connectivity index (χ1) is 17.2. The number of methoxy groups -OCH3 is 1. The number of hydrogen-bond donors (Lipinski definition) is 0. The zero-order valence-electron chi connectivity index (χ0n) is 20.7. The standard InChI is InChI=1S/C27H29F7O3/c1-4-5-11-25(24(35)36-3)12-10-22(23(25)17-6-8-21(28)9-7-17)37-16(2)18-13-19(26(29,30)31)15-20(14-18)27(32,33)34/h6-9,13-16,22-23H,4-5,10-12H2,1-3H3/t16?,22-,23?,25?/m0/s1. The number of benzene rings is 2. The number of rotatable bonds is 8. The molecule has 3 nitrogen and oxygen atoms in total. The molecule has 0 N–H and O–H groups in total. The van der Waals surface area contributed by atoms with Gasteiger partial charge in [-0.2, -0.15) is 26.3 Å². The third-order valence-electron chi connectivity index (χ3n) is 7.10. The summed E-state index contributed by atoms with van der Waals surface area (Å²) in [6.07, 6.45) is -9.31. The second-order valence-corrected chi connectivity index (χ2v) is 9.48. The maximum absolute atomic E-state index is 13.7. The molecule has 0 spiro atoms. The SMILES string of the molecule is CCCCC1(C(=O)OC)CC[C@H](OC(C)c2cc(C(F)(F)F)cc(C(F)(F)F)c2)C1c1ccc(F)cc1. The van der Waals surface area contributed by atoms with Crippen molar-refractivity contribution in [2.45, 2.75) is 76.4 Å². The highest BCUT2D eigenvalue weighted by Crippen LogP contribution is 2.55. The molecule has 1 aliphatic rings. The van der Waals surface area contributed by atoms with Crippen LogP contribution in [0.2, 0.25) is 0 Å². The molecule has 2 aromatic carbocycles. The molecule has 1 aliphatic carbocycles. The molecule has 10 heteroatoms. The van der Waals surface area contributed by atoms with Gasteiger partial charge in [-0.15, -0.1) is 0 Å². The van der Waals surface area contributed by atoms with E-state index in [9.17, 15) is 35.5 Å². The van der Waals surface area contributed by atoms with Crippen LogP contribution in [-0.2, 0) is 26.6 Å². The minimum Gasteiger partial charge on any atom is -0.469 e. The molecule has 0 saturated heterocycles. The van der Waals surface area contributed by atoms with Gasteiger partial charge in [-0.25, -0.2) is 4.39 Å². The van der Waals surface area contributed by atoms with Crippen LogP contribution in [0, 0.1) is 11.2 Å². The maximum atomic E-state index is 13.7. The van der Waals surface area contributed by atoms with Crippen molar-refractivity contribution in [2.24, 2.45) is 5.41 Å². The van der Waals surface area contributed by atoms with E-state index < -0.39 is 58.8 Å². The number of esters is 1. The molecule has 4 atom stereocenters. The molecular formula is C27H29F7O3. The van der Waals surface area contributed by atoms with Crippen LogP contribution in [0.5, 0.6) is 0 Å². The Morgan fingerprint density at radius 2 is 1.59 bits per heavy atom. The smallest absolute Gasteiger partial charge is 0.416 e. The predicted octanol–water partition coefficient (Wildman–Crippen LogP) is 8.24. The normalized spacial score (nSPS) is 23.2. The van der Waals surface area contributed by atoms with E-state index in [1.165, 1.54) is 38.3 Å². The van der Waals surface area contributed by atoms with Crippen LogP contribution in [0.1, 0.15) is 80.2 Å². The number of carbonyl (C=O) groups excluding carboxylic acids is 1. The Hall–Kier alpha value is -2.62. The summed E-state index contributed by atoms with van der Waals surface area (Å²) in [4.78, 5) is 13.1. The maximum Gasteiger partial charge on any atom is 0.416 e. The fourth-order valence-electron chi connectivity index (χ4n) is 5.29. The van der Waals surface area contributed by atoms with E-state index >= 15 is 0 Å². The van der Waals surface area contributed by atoms with Crippen molar-refractivity contribution >= 4 is 5.97 Å². The van der Waals surface area contributed by atoms with Crippen molar-refractivity contribution in [2.75, 3.05) is 7.11 Å². The van der Waals surface area contributed by atoms with Crippen LogP contribution in [-0.4, -0.2) is 19.2 Å². The van der Waals surface area contributed by atoms with Crippen LogP contribution in [0.3, 0.4) is 0 Å². The van der Waals surface area contributed by atoms with E-state index in [0.29, 0.717) is 43.4 Å².